The van der Waals surface area contributed by atoms with Crippen LogP contribution < -0.4 is 5.32 Å². The molecule has 4 heteroatoms. The first kappa shape index (κ1) is 14.5. The van der Waals surface area contributed by atoms with E-state index in [1.807, 2.05) is 12.1 Å². The van der Waals surface area contributed by atoms with E-state index in [4.69, 9.17) is 4.74 Å². The van der Waals surface area contributed by atoms with Crippen molar-refractivity contribution in [1.82, 2.24) is 5.32 Å². The Labute approximate surface area is 122 Å². The van der Waals surface area contributed by atoms with Gasteiger partial charge in [0.05, 0.1) is 17.1 Å². The maximum absolute atomic E-state index is 13.3. The van der Waals surface area contributed by atoms with Crippen molar-refractivity contribution in [2.45, 2.75) is 32.2 Å². The van der Waals surface area contributed by atoms with Crippen LogP contribution in [0.4, 0.5) is 4.39 Å². The molecular formula is C15H19BrFNO. The molecule has 0 spiro atoms. The largest absolute Gasteiger partial charge is 0.496 e. The summed E-state index contributed by atoms with van der Waals surface area (Å²) in [5.74, 6) is 0.717. The van der Waals surface area contributed by atoms with Gasteiger partial charge in [-0.05, 0) is 65.5 Å². The Hall–Kier alpha value is -0.870. The lowest BCUT2D eigenvalue weighted by atomic mass is 10.0. The van der Waals surface area contributed by atoms with E-state index in [0.717, 1.165) is 43.7 Å². The van der Waals surface area contributed by atoms with Crippen LogP contribution in [0.15, 0.2) is 34.5 Å². The standard InChI is InChI=1S/C15H19BrFNO/c1-2-8-18-15(14-5-3-4-9-19-14)11-6-7-13(17)12(16)10-11/h5-7,10,15,18H,2-4,8-9H2,1H3. The SMILES string of the molecule is CCCNC(C1=CCCCO1)c1ccc(F)c(Br)c1. The van der Waals surface area contributed by atoms with Crippen LogP contribution in [-0.4, -0.2) is 13.2 Å². The molecule has 0 amide bonds. The average Bonchev–Trinajstić information content (AvgIpc) is 2.44. The van der Waals surface area contributed by atoms with Crippen LogP contribution in [0.1, 0.15) is 37.8 Å². The summed E-state index contributed by atoms with van der Waals surface area (Å²) in [6.07, 6.45) is 5.29. The second-order valence-corrected chi connectivity index (χ2v) is 5.51. The predicted molar refractivity (Wildman–Crippen MR) is 78.4 cm³/mol. The summed E-state index contributed by atoms with van der Waals surface area (Å²) in [7, 11) is 0. The molecule has 1 unspecified atom stereocenters. The van der Waals surface area contributed by atoms with Gasteiger partial charge in [0.25, 0.3) is 0 Å². The van der Waals surface area contributed by atoms with Crippen molar-refractivity contribution in [2.75, 3.05) is 13.2 Å². The molecule has 0 saturated heterocycles. The summed E-state index contributed by atoms with van der Waals surface area (Å²) in [5, 5.41) is 3.47. The maximum atomic E-state index is 13.3. The molecule has 1 aromatic carbocycles. The van der Waals surface area contributed by atoms with Crippen molar-refractivity contribution in [2.24, 2.45) is 0 Å². The highest BCUT2D eigenvalue weighted by molar-refractivity contribution is 9.10. The van der Waals surface area contributed by atoms with Crippen molar-refractivity contribution in [3.05, 3.63) is 45.9 Å². The lowest BCUT2D eigenvalue weighted by Gasteiger charge is -2.25. The summed E-state index contributed by atoms with van der Waals surface area (Å²) < 4.78 is 19.6. The van der Waals surface area contributed by atoms with Crippen molar-refractivity contribution < 1.29 is 9.13 Å². The third-order valence-electron chi connectivity index (χ3n) is 3.12. The van der Waals surface area contributed by atoms with Crippen LogP contribution >= 0.6 is 15.9 Å². The molecule has 0 radical (unpaired) electrons. The Morgan fingerprint density at radius 2 is 2.32 bits per heavy atom. The molecule has 1 aliphatic heterocycles. The Kier molecular flexibility index (Phi) is 5.40. The fourth-order valence-electron chi connectivity index (χ4n) is 2.14. The summed E-state index contributed by atoms with van der Waals surface area (Å²) >= 11 is 3.24. The van der Waals surface area contributed by atoms with Gasteiger partial charge in [-0.2, -0.15) is 0 Å². The van der Waals surface area contributed by atoms with Crippen LogP contribution in [-0.2, 0) is 4.74 Å². The minimum atomic E-state index is -0.239. The van der Waals surface area contributed by atoms with Crippen LogP contribution in [0, 0.1) is 5.82 Å². The summed E-state index contributed by atoms with van der Waals surface area (Å²) in [4.78, 5) is 0. The van der Waals surface area contributed by atoms with Gasteiger partial charge in [0, 0.05) is 0 Å². The third kappa shape index (κ3) is 3.80. The normalized spacial score (nSPS) is 16.7. The molecule has 0 saturated carbocycles. The van der Waals surface area contributed by atoms with Crippen LogP contribution in [0.2, 0.25) is 0 Å². The van der Waals surface area contributed by atoms with Crippen molar-refractivity contribution in [3.8, 4) is 0 Å². The minimum Gasteiger partial charge on any atom is -0.496 e. The molecule has 1 heterocycles. The number of benzene rings is 1. The topological polar surface area (TPSA) is 21.3 Å². The average molecular weight is 328 g/mol. The number of allylic oxidation sites excluding steroid dienone is 1. The lowest BCUT2D eigenvalue weighted by Crippen LogP contribution is -2.26. The van der Waals surface area contributed by atoms with Crippen molar-refractivity contribution in [1.29, 1.82) is 0 Å². The van der Waals surface area contributed by atoms with Gasteiger partial charge in [-0.25, -0.2) is 4.39 Å². The molecule has 1 atom stereocenters. The van der Waals surface area contributed by atoms with Gasteiger partial charge < -0.3 is 10.1 Å². The molecule has 2 rings (SSSR count). The highest BCUT2D eigenvalue weighted by atomic mass is 79.9. The first-order valence-electron chi connectivity index (χ1n) is 6.73. The van der Waals surface area contributed by atoms with E-state index >= 15 is 0 Å². The van der Waals surface area contributed by atoms with Gasteiger partial charge in [0.2, 0.25) is 0 Å². The molecule has 0 aromatic heterocycles. The van der Waals surface area contributed by atoms with Crippen LogP contribution in [0.5, 0.6) is 0 Å². The van der Waals surface area contributed by atoms with E-state index < -0.39 is 0 Å². The molecule has 0 bridgehead atoms. The Morgan fingerprint density at radius 3 is 2.95 bits per heavy atom. The molecule has 2 nitrogen and oxygen atoms in total. The Morgan fingerprint density at radius 1 is 1.47 bits per heavy atom. The minimum absolute atomic E-state index is 0.0112. The van der Waals surface area contributed by atoms with E-state index in [1.54, 1.807) is 0 Å². The summed E-state index contributed by atoms with van der Waals surface area (Å²) in [6.45, 7) is 3.79. The third-order valence-corrected chi connectivity index (χ3v) is 3.73. The number of ether oxygens (including phenoxy) is 1. The zero-order chi connectivity index (χ0) is 13.7. The maximum Gasteiger partial charge on any atom is 0.137 e. The number of hydrogen-bond acceptors (Lipinski definition) is 2. The number of halogens is 2. The molecule has 1 aromatic rings. The van der Waals surface area contributed by atoms with Crippen molar-refractivity contribution in [3.63, 3.8) is 0 Å². The van der Waals surface area contributed by atoms with E-state index in [2.05, 4.69) is 34.2 Å². The van der Waals surface area contributed by atoms with Gasteiger partial charge in [0.15, 0.2) is 0 Å². The van der Waals surface area contributed by atoms with Gasteiger partial charge in [-0.1, -0.05) is 13.0 Å². The first-order chi connectivity index (χ1) is 9.22. The second-order valence-electron chi connectivity index (χ2n) is 4.66. The molecule has 0 fully saturated rings. The quantitative estimate of drug-likeness (QED) is 0.869. The zero-order valence-corrected chi connectivity index (χ0v) is 12.7. The predicted octanol–water partition coefficient (Wildman–Crippen LogP) is 4.32. The monoisotopic (exact) mass is 327 g/mol. The second kappa shape index (κ2) is 7.06. The number of nitrogens with one attached hydrogen (secondary N) is 1. The van der Waals surface area contributed by atoms with E-state index in [9.17, 15) is 4.39 Å². The summed E-state index contributed by atoms with van der Waals surface area (Å²) in [6, 6.07) is 5.13. The zero-order valence-electron chi connectivity index (χ0n) is 11.1. The van der Waals surface area contributed by atoms with Crippen LogP contribution in [0.25, 0.3) is 0 Å². The number of rotatable bonds is 5. The molecule has 0 aliphatic carbocycles. The van der Waals surface area contributed by atoms with E-state index in [-0.39, 0.29) is 11.9 Å². The van der Waals surface area contributed by atoms with Gasteiger partial charge >= 0.3 is 0 Å². The fourth-order valence-corrected chi connectivity index (χ4v) is 2.54. The van der Waals surface area contributed by atoms with Gasteiger partial charge in [0.1, 0.15) is 11.6 Å². The first-order valence-corrected chi connectivity index (χ1v) is 7.53. The highest BCUT2D eigenvalue weighted by Gasteiger charge is 2.20. The molecule has 1 aliphatic rings. The van der Waals surface area contributed by atoms with Gasteiger partial charge in [-0.3, -0.25) is 0 Å². The van der Waals surface area contributed by atoms with Gasteiger partial charge in [-0.15, -0.1) is 0 Å². The molecule has 1 N–H and O–H groups in total. The fraction of sp³-hybridized carbons (Fsp3) is 0.467. The Bertz CT molecular complexity index is 461. The highest BCUT2D eigenvalue weighted by Crippen LogP contribution is 2.28. The van der Waals surface area contributed by atoms with E-state index in [1.165, 1.54) is 6.07 Å². The summed E-state index contributed by atoms with van der Waals surface area (Å²) in [5.41, 5.74) is 1.02. The smallest absolute Gasteiger partial charge is 0.137 e. The van der Waals surface area contributed by atoms with E-state index in [0.29, 0.717) is 4.47 Å². The lowest BCUT2D eigenvalue weighted by molar-refractivity contribution is 0.167. The molecule has 104 valence electrons. The molecule has 19 heavy (non-hydrogen) atoms. The van der Waals surface area contributed by atoms with Crippen LogP contribution in [0.3, 0.4) is 0 Å². The number of hydrogen-bond donors (Lipinski definition) is 1. The molecular weight excluding hydrogens is 309 g/mol. The van der Waals surface area contributed by atoms with Crippen molar-refractivity contribution >= 4 is 15.9 Å². The Balaban J connectivity index is 2.25.